The molecule has 0 atom stereocenters. The van der Waals surface area contributed by atoms with Crippen LogP contribution in [0, 0.1) is 0 Å². The molecule has 0 spiro atoms. The Kier molecular flexibility index (Phi) is 3.30. The number of hydrogen-bond acceptors (Lipinski definition) is 2. The molecule has 1 fully saturated rings. The van der Waals surface area contributed by atoms with Crippen molar-refractivity contribution in [2.45, 2.75) is 6.54 Å². The van der Waals surface area contributed by atoms with Gasteiger partial charge in [-0.1, -0.05) is 0 Å². The number of halogens is 2. The molecule has 2 amide bonds. The van der Waals surface area contributed by atoms with E-state index >= 15 is 0 Å². The Labute approximate surface area is 104 Å². The highest BCUT2D eigenvalue weighted by molar-refractivity contribution is 9.11. The van der Waals surface area contributed by atoms with Gasteiger partial charge in [0.05, 0.1) is 6.54 Å². The van der Waals surface area contributed by atoms with Gasteiger partial charge in [-0.25, -0.2) is 4.79 Å². The minimum absolute atomic E-state index is 0.0114. The van der Waals surface area contributed by atoms with Gasteiger partial charge < -0.3 is 10.2 Å². The maximum Gasteiger partial charge on any atom is 0.317 e. The van der Waals surface area contributed by atoms with Crippen LogP contribution in [-0.2, 0) is 6.54 Å². The first kappa shape index (κ1) is 10.9. The Morgan fingerprint density at radius 1 is 1.47 bits per heavy atom. The van der Waals surface area contributed by atoms with Crippen LogP contribution in [0.15, 0.2) is 15.3 Å². The summed E-state index contributed by atoms with van der Waals surface area (Å²) in [5, 5.41) is 6.99. The minimum Gasteiger partial charge on any atom is -0.336 e. The molecule has 0 aliphatic carbocycles. The lowest BCUT2D eigenvalue weighted by molar-refractivity contribution is 0.215. The van der Waals surface area contributed by atoms with Crippen LogP contribution in [0.4, 0.5) is 4.79 Å². The summed E-state index contributed by atoms with van der Waals surface area (Å²) >= 11 is 6.69. The predicted molar refractivity (Wildman–Crippen MR) is 62.6 cm³/mol. The maximum atomic E-state index is 11.2. The van der Waals surface area contributed by atoms with Crippen molar-refractivity contribution in [3.05, 3.63) is 15.3 Å². The van der Waals surface area contributed by atoms with Crippen molar-refractivity contribution in [2.75, 3.05) is 19.6 Å². The van der Waals surface area contributed by atoms with E-state index < -0.39 is 0 Å². The largest absolute Gasteiger partial charge is 0.336 e. The molecule has 2 heterocycles. The SMILES string of the molecule is O=C1NCCN1CCn1nc(Br)cc1Br. The van der Waals surface area contributed by atoms with Crippen LogP contribution in [0.3, 0.4) is 0 Å². The van der Waals surface area contributed by atoms with E-state index in [1.54, 1.807) is 4.90 Å². The highest BCUT2D eigenvalue weighted by atomic mass is 79.9. The second kappa shape index (κ2) is 4.52. The molecular formula is C8H10Br2N4O. The molecule has 1 N–H and O–H groups in total. The molecule has 0 unspecified atom stereocenters. The zero-order chi connectivity index (χ0) is 10.8. The van der Waals surface area contributed by atoms with Crippen LogP contribution in [-0.4, -0.2) is 40.3 Å². The lowest BCUT2D eigenvalue weighted by Gasteiger charge is -2.13. The molecule has 7 heteroatoms. The monoisotopic (exact) mass is 336 g/mol. The average molecular weight is 338 g/mol. The molecule has 0 bridgehead atoms. The van der Waals surface area contributed by atoms with Crippen molar-refractivity contribution < 1.29 is 4.79 Å². The molecule has 1 saturated heterocycles. The van der Waals surface area contributed by atoms with E-state index in [1.165, 1.54) is 0 Å². The van der Waals surface area contributed by atoms with E-state index in [9.17, 15) is 4.79 Å². The minimum atomic E-state index is 0.0114. The maximum absolute atomic E-state index is 11.2. The first-order valence-corrected chi connectivity index (χ1v) is 6.17. The number of carbonyl (C=O) groups excluding carboxylic acids is 1. The van der Waals surface area contributed by atoms with Gasteiger partial charge in [-0.3, -0.25) is 4.68 Å². The van der Waals surface area contributed by atoms with E-state index in [-0.39, 0.29) is 6.03 Å². The van der Waals surface area contributed by atoms with Gasteiger partial charge in [0.25, 0.3) is 0 Å². The molecule has 0 saturated carbocycles. The average Bonchev–Trinajstić information content (AvgIpc) is 2.70. The molecule has 1 aliphatic rings. The number of nitrogens with one attached hydrogen (secondary N) is 1. The van der Waals surface area contributed by atoms with Crippen molar-refractivity contribution >= 4 is 37.9 Å². The Morgan fingerprint density at radius 2 is 2.27 bits per heavy atom. The molecule has 2 rings (SSSR count). The molecule has 1 aromatic heterocycles. The summed E-state index contributed by atoms with van der Waals surface area (Å²) in [6.07, 6.45) is 0. The van der Waals surface area contributed by atoms with Gasteiger partial charge in [-0.2, -0.15) is 5.10 Å². The number of amides is 2. The van der Waals surface area contributed by atoms with Crippen LogP contribution < -0.4 is 5.32 Å². The third kappa shape index (κ3) is 2.52. The van der Waals surface area contributed by atoms with Crippen molar-refractivity contribution in [1.29, 1.82) is 0 Å². The third-order valence-electron chi connectivity index (χ3n) is 2.23. The summed E-state index contributed by atoms with van der Waals surface area (Å²) < 4.78 is 3.52. The van der Waals surface area contributed by atoms with E-state index in [4.69, 9.17) is 0 Å². The van der Waals surface area contributed by atoms with Gasteiger partial charge in [-0.15, -0.1) is 0 Å². The van der Waals surface area contributed by atoms with Crippen molar-refractivity contribution in [1.82, 2.24) is 20.0 Å². The molecule has 0 radical (unpaired) electrons. The summed E-state index contributed by atoms with van der Waals surface area (Å²) in [4.78, 5) is 13.0. The summed E-state index contributed by atoms with van der Waals surface area (Å²) in [6, 6.07) is 1.89. The fourth-order valence-corrected chi connectivity index (χ4v) is 2.65. The number of aromatic nitrogens is 2. The zero-order valence-corrected chi connectivity index (χ0v) is 11.1. The Hall–Kier alpha value is -0.560. The predicted octanol–water partition coefficient (Wildman–Crippen LogP) is 1.43. The smallest absolute Gasteiger partial charge is 0.317 e. The van der Waals surface area contributed by atoms with Gasteiger partial charge in [0.1, 0.15) is 9.21 Å². The van der Waals surface area contributed by atoms with E-state index in [0.29, 0.717) is 13.1 Å². The van der Waals surface area contributed by atoms with Gasteiger partial charge in [0.15, 0.2) is 0 Å². The first-order valence-electron chi connectivity index (χ1n) is 4.58. The number of carbonyl (C=O) groups is 1. The molecule has 5 nitrogen and oxygen atoms in total. The van der Waals surface area contributed by atoms with Crippen LogP contribution >= 0.6 is 31.9 Å². The summed E-state index contributed by atoms with van der Waals surface area (Å²) in [6.45, 7) is 2.89. The topological polar surface area (TPSA) is 50.2 Å². The first-order chi connectivity index (χ1) is 7.16. The number of rotatable bonds is 3. The van der Waals surface area contributed by atoms with E-state index in [0.717, 1.165) is 22.3 Å². The highest BCUT2D eigenvalue weighted by Crippen LogP contribution is 2.16. The standard InChI is InChI=1S/C8H10Br2N4O/c9-6-5-7(10)14(12-6)4-3-13-2-1-11-8(13)15/h5H,1-4H2,(H,11,15). The Bertz CT molecular complexity index is 379. The Balaban J connectivity index is 1.92. The van der Waals surface area contributed by atoms with E-state index in [1.807, 2.05) is 10.7 Å². The molecule has 0 aromatic carbocycles. The van der Waals surface area contributed by atoms with Crippen LogP contribution in [0.5, 0.6) is 0 Å². The quantitative estimate of drug-likeness (QED) is 0.907. The van der Waals surface area contributed by atoms with Crippen LogP contribution in [0.1, 0.15) is 0 Å². The van der Waals surface area contributed by atoms with Gasteiger partial charge >= 0.3 is 6.03 Å². The van der Waals surface area contributed by atoms with Crippen molar-refractivity contribution in [2.24, 2.45) is 0 Å². The summed E-state index contributed by atoms with van der Waals surface area (Å²) in [5.41, 5.74) is 0. The number of urea groups is 1. The molecule has 82 valence electrons. The fourth-order valence-electron chi connectivity index (χ4n) is 1.46. The molecule has 1 aromatic rings. The van der Waals surface area contributed by atoms with Gasteiger partial charge in [0.2, 0.25) is 0 Å². The van der Waals surface area contributed by atoms with Crippen molar-refractivity contribution in [3.63, 3.8) is 0 Å². The lowest BCUT2D eigenvalue weighted by Crippen LogP contribution is -2.31. The highest BCUT2D eigenvalue weighted by Gasteiger charge is 2.19. The normalized spacial score (nSPS) is 15.9. The van der Waals surface area contributed by atoms with Crippen molar-refractivity contribution in [3.8, 4) is 0 Å². The lowest BCUT2D eigenvalue weighted by atomic mass is 10.5. The summed E-state index contributed by atoms with van der Waals surface area (Å²) in [5.74, 6) is 0. The van der Waals surface area contributed by atoms with E-state index in [2.05, 4.69) is 42.3 Å². The third-order valence-corrected chi connectivity index (χ3v) is 3.25. The Morgan fingerprint density at radius 3 is 2.80 bits per heavy atom. The number of hydrogen-bond donors (Lipinski definition) is 1. The van der Waals surface area contributed by atoms with Crippen LogP contribution in [0.2, 0.25) is 0 Å². The van der Waals surface area contributed by atoms with Gasteiger partial charge in [0, 0.05) is 25.7 Å². The van der Waals surface area contributed by atoms with Gasteiger partial charge in [-0.05, 0) is 31.9 Å². The summed E-state index contributed by atoms with van der Waals surface area (Å²) in [7, 11) is 0. The fraction of sp³-hybridized carbons (Fsp3) is 0.500. The number of nitrogens with zero attached hydrogens (tertiary/aromatic N) is 3. The second-order valence-electron chi connectivity index (χ2n) is 3.23. The second-order valence-corrected chi connectivity index (χ2v) is 4.86. The molecule has 15 heavy (non-hydrogen) atoms. The molecular weight excluding hydrogens is 328 g/mol. The van der Waals surface area contributed by atoms with Crippen LogP contribution in [0.25, 0.3) is 0 Å². The zero-order valence-electron chi connectivity index (χ0n) is 7.91. The molecule has 1 aliphatic heterocycles.